The molecule has 0 aliphatic heterocycles. The van der Waals surface area contributed by atoms with E-state index in [2.05, 4.69) is 26.2 Å². The maximum Gasteiger partial charge on any atom is 0.412 e. The maximum absolute atomic E-state index is 12.5. The van der Waals surface area contributed by atoms with Crippen LogP contribution in [-0.4, -0.2) is 44.9 Å². The summed E-state index contributed by atoms with van der Waals surface area (Å²) >= 11 is 0. The highest BCUT2D eigenvalue weighted by Crippen LogP contribution is 2.28. The largest absolute Gasteiger partial charge is 0.495 e. The number of anilines is 2. The van der Waals surface area contributed by atoms with Crippen LogP contribution in [-0.2, 0) is 16.0 Å². The number of ether oxygens (including phenoxy) is 2. The third-order valence-corrected chi connectivity index (χ3v) is 4.03. The first-order chi connectivity index (χ1) is 14.7. The Kier molecular flexibility index (Phi) is 6.49. The van der Waals surface area contributed by atoms with Gasteiger partial charge >= 0.3 is 6.09 Å². The number of carbonyl (C=O) groups excluding carboxylic acids is 2. The smallest absolute Gasteiger partial charge is 0.412 e. The summed E-state index contributed by atoms with van der Waals surface area (Å²) in [5.41, 5.74) is 1.89. The number of amides is 2. The van der Waals surface area contributed by atoms with Crippen molar-refractivity contribution in [2.75, 3.05) is 17.7 Å². The van der Waals surface area contributed by atoms with E-state index in [1.54, 1.807) is 39.0 Å². The molecule has 0 atom stereocenters. The number of tetrazole rings is 1. The fraction of sp³-hybridized carbons (Fsp3) is 0.286. The lowest BCUT2D eigenvalue weighted by Gasteiger charge is -2.20. The van der Waals surface area contributed by atoms with Crippen molar-refractivity contribution in [3.8, 4) is 11.4 Å². The van der Waals surface area contributed by atoms with Crippen molar-refractivity contribution in [1.29, 1.82) is 0 Å². The number of hydrogen-bond acceptors (Lipinski definition) is 7. The van der Waals surface area contributed by atoms with Crippen LogP contribution in [0.2, 0.25) is 0 Å². The number of nitrogens with zero attached hydrogens (tertiary/aromatic N) is 4. The summed E-state index contributed by atoms with van der Waals surface area (Å²) in [7, 11) is 1.49. The number of methoxy groups -OCH3 is 1. The van der Waals surface area contributed by atoms with E-state index in [1.807, 2.05) is 24.3 Å². The maximum atomic E-state index is 12.5. The number of nitrogens with one attached hydrogen (secondary N) is 2. The van der Waals surface area contributed by atoms with Gasteiger partial charge in [-0.2, -0.15) is 0 Å². The molecule has 10 nitrogen and oxygen atoms in total. The molecule has 162 valence electrons. The van der Waals surface area contributed by atoms with Crippen molar-refractivity contribution >= 4 is 23.4 Å². The lowest BCUT2D eigenvalue weighted by Crippen LogP contribution is -2.27. The van der Waals surface area contributed by atoms with E-state index in [1.165, 1.54) is 18.1 Å². The molecule has 0 spiro atoms. The Hall–Kier alpha value is -3.95. The molecule has 0 unspecified atom stereocenters. The first kappa shape index (κ1) is 21.8. The highest BCUT2D eigenvalue weighted by molar-refractivity contribution is 5.94. The first-order valence-corrected chi connectivity index (χ1v) is 9.54. The normalized spacial score (nSPS) is 11.0. The van der Waals surface area contributed by atoms with Crippen LogP contribution in [0.1, 0.15) is 26.3 Å². The van der Waals surface area contributed by atoms with Gasteiger partial charge in [0.2, 0.25) is 5.91 Å². The molecule has 0 radical (unpaired) electrons. The molecular weight excluding hydrogens is 400 g/mol. The average Bonchev–Trinajstić information content (AvgIpc) is 3.22. The molecule has 0 fully saturated rings. The van der Waals surface area contributed by atoms with Gasteiger partial charge in [-0.05, 0) is 67.1 Å². The fourth-order valence-corrected chi connectivity index (χ4v) is 2.73. The second kappa shape index (κ2) is 9.24. The van der Waals surface area contributed by atoms with Crippen LogP contribution < -0.4 is 15.4 Å². The van der Waals surface area contributed by atoms with Gasteiger partial charge in [-0.3, -0.25) is 10.1 Å². The number of aromatic nitrogens is 4. The van der Waals surface area contributed by atoms with Crippen LogP contribution in [0.4, 0.5) is 16.2 Å². The zero-order valence-electron chi connectivity index (χ0n) is 17.7. The molecular formula is C21H24N6O4. The van der Waals surface area contributed by atoms with Gasteiger partial charge in [0.15, 0.2) is 0 Å². The minimum atomic E-state index is -0.636. The van der Waals surface area contributed by atoms with E-state index in [9.17, 15) is 9.59 Å². The number of rotatable bonds is 6. The van der Waals surface area contributed by atoms with Crippen LogP contribution in [0, 0.1) is 0 Å². The van der Waals surface area contributed by atoms with E-state index in [-0.39, 0.29) is 12.3 Å². The lowest BCUT2D eigenvalue weighted by molar-refractivity contribution is -0.115. The van der Waals surface area contributed by atoms with Crippen molar-refractivity contribution in [3.05, 3.63) is 54.4 Å². The van der Waals surface area contributed by atoms with E-state index in [0.717, 1.165) is 11.3 Å². The van der Waals surface area contributed by atoms with Crippen molar-refractivity contribution in [3.63, 3.8) is 0 Å². The molecule has 1 aromatic heterocycles. The molecule has 2 aromatic carbocycles. The van der Waals surface area contributed by atoms with Crippen molar-refractivity contribution in [2.24, 2.45) is 0 Å². The summed E-state index contributed by atoms with van der Waals surface area (Å²) in [6.07, 6.45) is 1.06. The minimum Gasteiger partial charge on any atom is -0.495 e. The van der Waals surface area contributed by atoms with Crippen LogP contribution in [0.5, 0.6) is 5.75 Å². The highest BCUT2D eigenvalue weighted by atomic mass is 16.6. The van der Waals surface area contributed by atoms with E-state index < -0.39 is 11.7 Å². The van der Waals surface area contributed by atoms with Gasteiger partial charge in [0, 0.05) is 5.69 Å². The number of hydrogen-bond donors (Lipinski definition) is 2. The van der Waals surface area contributed by atoms with Crippen LogP contribution >= 0.6 is 0 Å². The molecule has 0 bridgehead atoms. The van der Waals surface area contributed by atoms with E-state index in [0.29, 0.717) is 17.1 Å². The summed E-state index contributed by atoms with van der Waals surface area (Å²) in [6.45, 7) is 5.32. The Morgan fingerprint density at radius 1 is 1.06 bits per heavy atom. The standard InChI is InChI=1S/C21H24N6O4/c1-21(2,3)31-20(29)24-17-12-15(7-10-18(17)30-4)23-19(28)11-14-5-8-16(9-6-14)27-13-22-25-26-27/h5-10,12-13H,11H2,1-4H3,(H,23,28)(H,24,29). The van der Waals surface area contributed by atoms with Crippen LogP contribution in [0.25, 0.3) is 5.69 Å². The fourth-order valence-electron chi connectivity index (χ4n) is 2.73. The molecule has 3 rings (SSSR count). The Morgan fingerprint density at radius 2 is 1.81 bits per heavy atom. The first-order valence-electron chi connectivity index (χ1n) is 9.54. The molecule has 0 aliphatic rings. The molecule has 1 heterocycles. The molecule has 0 aliphatic carbocycles. The summed E-state index contributed by atoms with van der Waals surface area (Å²) < 4.78 is 12.1. The van der Waals surface area contributed by atoms with E-state index >= 15 is 0 Å². The molecule has 31 heavy (non-hydrogen) atoms. The average molecular weight is 424 g/mol. The predicted octanol–water partition coefficient (Wildman–Crippen LogP) is 3.20. The van der Waals surface area contributed by atoms with E-state index in [4.69, 9.17) is 9.47 Å². The van der Waals surface area contributed by atoms with Gasteiger partial charge in [-0.25, -0.2) is 9.48 Å². The molecule has 0 saturated heterocycles. The quantitative estimate of drug-likeness (QED) is 0.623. The zero-order chi connectivity index (χ0) is 22.4. The molecule has 0 saturated carbocycles. The van der Waals surface area contributed by atoms with Crippen LogP contribution in [0.15, 0.2) is 48.8 Å². The monoisotopic (exact) mass is 424 g/mol. The topological polar surface area (TPSA) is 120 Å². The molecule has 2 N–H and O–H groups in total. The van der Waals surface area contributed by atoms with Gasteiger partial charge in [0.25, 0.3) is 0 Å². The molecule has 3 aromatic rings. The number of benzene rings is 2. The minimum absolute atomic E-state index is 0.177. The summed E-state index contributed by atoms with van der Waals surface area (Å²) in [4.78, 5) is 24.6. The Balaban J connectivity index is 1.64. The summed E-state index contributed by atoms with van der Waals surface area (Å²) in [6, 6.07) is 12.3. The molecule has 2 amide bonds. The Bertz CT molecular complexity index is 1040. The van der Waals surface area contributed by atoms with Gasteiger partial charge in [-0.1, -0.05) is 12.1 Å². The van der Waals surface area contributed by atoms with Crippen molar-refractivity contribution in [2.45, 2.75) is 32.8 Å². The predicted molar refractivity (Wildman–Crippen MR) is 114 cm³/mol. The van der Waals surface area contributed by atoms with Crippen LogP contribution in [0.3, 0.4) is 0 Å². The second-order valence-electron chi connectivity index (χ2n) is 7.69. The van der Waals surface area contributed by atoms with Gasteiger partial charge < -0.3 is 14.8 Å². The highest BCUT2D eigenvalue weighted by Gasteiger charge is 2.18. The Labute approximate surface area is 179 Å². The van der Waals surface area contributed by atoms with Gasteiger partial charge in [-0.15, -0.1) is 5.10 Å². The SMILES string of the molecule is COc1ccc(NC(=O)Cc2ccc(-n3cnnn3)cc2)cc1NC(=O)OC(C)(C)C. The second-order valence-corrected chi connectivity index (χ2v) is 7.69. The zero-order valence-corrected chi connectivity index (χ0v) is 17.7. The summed E-state index contributed by atoms with van der Waals surface area (Å²) in [5, 5.41) is 16.5. The van der Waals surface area contributed by atoms with Gasteiger partial charge in [0.05, 0.1) is 24.9 Å². The third kappa shape index (κ3) is 6.26. The Morgan fingerprint density at radius 3 is 2.42 bits per heavy atom. The van der Waals surface area contributed by atoms with Crippen molar-refractivity contribution < 1.29 is 19.1 Å². The summed E-state index contributed by atoms with van der Waals surface area (Å²) in [5.74, 6) is 0.241. The van der Waals surface area contributed by atoms with Gasteiger partial charge in [0.1, 0.15) is 17.7 Å². The molecule has 10 heteroatoms. The lowest BCUT2D eigenvalue weighted by atomic mass is 10.1. The third-order valence-electron chi connectivity index (χ3n) is 4.03. The van der Waals surface area contributed by atoms with Crippen molar-refractivity contribution in [1.82, 2.24) is 20.2 Å². The number of carbonyl (C=O) groups is 2.